The average Bonchev–Trinajstić information content (AvgIpc) is 2.96. The first-order valence-electron chi connectivity index (χ1n) is 6.27. The van der Waals surface area contributed by atoms with Crippen LogP contribution in [-0.2, 0) is 11.5 Å². The third-order valence-electron chi connectivity index (χ3n) is 3.10. The lowest BCUT2D eigenvalue weighted by Crippen LogP contribution is -2.21. The molecule has 1 aromatic heterocycles. The fourth-order valence-corrected chi connectivity index (χ4v) is 1.95. The van der Waals surface area contributed by atoms with Crippen LogP contribution in [0.4, 0.5) is 0 Å². The minimum Gasteiger partial charge on any atom is -0.361 e. The molecule has 1 heterocycles. The molecule has 0 amide bonds. The zero-order valence-electron chi connectivity index (χ0n) is 10.3. The normalized spacial score (nSPS) is 17.6. The summed E-state index contributed by atoms with van der Waals surface area (Å²) in [5, 5.41) is 3.42. The minimum atomic E-state index is 0.393. The van der Waals surface area contributed by atoms with Crippen molar-refractivity contribution in [3.63, 3.8) is 0 Å². The van der Waals surface area contributed by atoms with Crippen LogP contribution in [0.15, 0.2) is 18.3 Å². The maximum atomic E-state index is 5.71. The lowest BCUT2D eigenvalue weighted by atomic mass is 10.2. The molecule has 16 heavy (non-hydrogen) atoms. The molecule has 1 aliphatic carbocycles. The summed E-state index contributed by atoms with van der Waals surface area (Å²) in [6.07, 6.45) is 4.80. The highest BCUT2D eigenvalue weighted by molar-refractivity contribution is 5.10. The monoisotopic (exact) mass is 222 g/mol. The van der Waals surface area contributed by atoms with E-state index in [1.165, 1.54) is 18.5 Å². The van der Waals surface area contributed by atoms with Crippen LogP contribution in [0, 0.1) is 5.92 Å². The Morgan fingerprint density at radius 2 is 2.38 bits per heavy atom. The van der Waals surface area contributed by atoms with Gasteiger partial charge in [-0.3, -0.25) is 0 Å². The Labute approximate surface area is 97.8 Å². The Bertz CT molecular complexity index is 317. The van der Waals surface area contributed by atoms with E-state index in [4.69, 9.17) is 4.74 Å². The van der Waals surface area contributed by atoms with Gasteiger partial charge >= 0.3 is 0 Å². The molecule has 1 aliphatic rings. The lowest BCUT2D eigenvalue weighted by Gasteiger charge is -2.16. The largest absolute Gasteiger partial charge is 0.361 e. The second-order valence-corrected chi connectivity index (χ2v) is 4.63. The summed E-state index contributed by atoms with van der Waals surface area (Å²) in [5.41, 5.74) is 1.30. The summed E-state index contributed by atoms with van der Waals surface area (Å²) in [6, 6.07) is 4.64. The summed E-state index contributed by atoms with van der Waals surface area (Å²) < 4.78 is 7.90. The fourth-order valence-electron chi connectivity index (χ4n) is 1.95. The summed E-state index contributed by atoms with van der Waals surface area (Å²) in [6.45, 7) is 6.93. The standard InChI is InChI=1S/C13H22N2O/c1-3-14-11(2)13-5-4-8-15(13)10-16-9-12-6-7-12/h4-5,8,11-12,14H,3,6-7,9-10H2,1-2H3. The summed E-state index contributed by atoms with van der Waals surface area (Å²) in [7, 11) is 0. The van der Waals surface area contributed by atoms with Crippen molar-refractivity contribution >= 4 is 0 Å². The molecule has 3 heteroatoms. The van der Waals surface area contributed by atoms with Crippen LogP contribution < -0.4 is 5.32 Å². The highest BCUT2D eigenvalue weighted by Crippen LogP contribution is 2.29. The molecule has 90 valence electrons. The molecule has 0 saturated heterocycles. The zero-order chi connectivity index (χ0) is 11.4. The molecule has 2 rings (SSSR count). The van der Waals surface area contributed by atoms with Gasteiger partial charge in [0, 0.05) is 17.9 Å². The predicted molar refractivity (Wildman–Crippen MR) is 65.2 cm³/mol. The van der Waals surface area contributed by atoms with Crippen molar-refractivity contribution in [3.8, 4) is 0 Å². The predicted octanol–water partition coefficient (Wildman–Crippen LogP) is 2.54. The van der Waals surface area contributed by atoms with E-state index in [0.29, 0.717) is 12.8 Å². The lowest BCUT2D eigenvalue weighted by molar-refractivity contribution is 0.0667. The molecular weight excluding hydrogens is 200 g/mol. The van der Waals surface area contributed by atoms with E-state index in [1.54, 1.807) is 0 Å². The SMILES string of the molecule is CCNC(C)c1cccn1COCC1CC1. The van der Waals surface area contributed by atoms with E-state index in [9.17, 15) is 0 Å². The van der Waals surface area contributed by atoms with Crippen LogP contribution in [-0.4, -0.2) is 17.7 Å². The van der Waals surface area contributed by atoms with E-state index in [1.807, 2.05) is 0 Å². The van der Waals surface area contributed by atoms with Gasteiger partial charge in [-0.05, 0) is 44.4 Å². The van der Waals surface area contributed by atoms with Crippen LogP contribution in [0.1, 0.15) is 38.4 Å². The Hall–Kier alpha value is -0.800. The van der Waals surface area contributed by atoms with Crippen molar-refractivity contribution in [1.82, 2.24) is 9.88 Å². The van der Waals surface area contributed by atoms with Crippen molar-refractivity contribution in [2.24, 2.45) is 5.92 Å². The number of nitrogens with one attached hydrogen (secondary N) is 1. The number of ether oxygens (including phenoxy) is 1. The molecule has 0 bridgehead atoms. The minimum absolute atomic E-state index is 0.393. The van der Waals surface area contributed by atoms with Crippen molar-refractivity contribution in [3.05, 3.63) is 24.0 Å². The van der Waals surface area contributed by atoms with Gasteiger partial charge in [0.05, 0.1) is 6.61 Å². The number of hydrogen-bond donors (Lipinski definition) is 1. The molecule has 1 N–H and O–H groups in total. The molecule has 0 radical (unpaired) electrons. The first kappa shape index (κ1) is 11.7. The van der Waals surface area contributed by atoms with Gasteiger partial charge in [0.25, 0.3) is 0 Å². The van der Waals surface area contributed by atoms with Gasteiger partial charge in [-0.2, -0.15) is 0 Å². The van der Waals surface area contributed by atoms with Crippen molar-refractivity contribution < 1.29 is 4.74 Å². The maximum absolute atomic E-state index is 5.71. The average molecular weight is 222 g/mol. The first-order chi connectivity index (χ1) is 7.81. The van der Waals surface area contributed by atoms with Gasteiger partial charge in [0.15, 0.2) is 0 Å². The second kappa shape index (κ2) is 5.51. The summed E-state index contributed by atoms with van der Waals surface area (Å²) in [4.78, 5) is 0. The Balaban J connectivity index is 1.84. The van der Waals surface area contributed by atoms with Crippen LogP contribution >= 0.6 is 0 Å². The van der Waals surface area contributed by atoms with Gasteiger partial charge in [-0.1, -0.05) is 6.92 Å². The topological polar surface area (TPSA) is 26.2 Å². The molecule has 0 spiro atoms. The van der Waals surface area contributed by atoms with Crippen LogP contribution in [0.2, 0.25) is 0 Å². The van der Waals surface area contributed by atoms with E-state index in [0.717, 1.165) is 19.1 Å². The van der Waals surface area contributed by atoms with Crippen LogP contribution in [0.3, 0.4) is 0 Å². The summed E-state index contributed by atoms with van der Waals surface area (Å²) >= 11 is 0. The van der Waals surface area contributed by atoms with Gasteiger partial charge < -0.3 is 14.6 Å². The van der Waals surface area contributed by atoms with Crippen LogP contribution in [0.25, 0.3) is 0 Å². The van der Waals surface area contributed by atoms with E-state index < -0.39 is 0 Å². The molecule has 0 aliphatic heterocycles. The van der Waals surface area contributed by atoms with Gasteiger partial charge in [0.1, 0.15) is 6.73 Å². The van der Waals surface area contributed by atoms with E-state index in [2.05, 4.69) is 42.1 Å². The fraction of sp³-hybridized carbons (Fsp3) is 0.692. The highest BCUT2D eigenvalue weighted by atomic mass is 16.5. The number of rotatable bonds is 7. The van der Waals surface area contributed by atoms with Crippen molar-refractivity contribution in [2.45, 2.75) is 39.5 Å². The molecule has 0 aromatic carbocycles. The van der Waals surface area contributed by atoms with Crippen molar-refractivity contribution in [2.75, 3.05) is 13.2 Å². The quantitative estimate of drug-likeness (QED) is 0.767. The Morgan fingerprint density at radius 1 is 1.56 bits per heavy atom. The van der Waals surface area contributed by atoms with Gasteiger partial charge in [-0.25, -0.2) is 0 Å². The zero-order valence-corrected chi connectivity index (χ0v) is 10.3. The van der Waals surface area contributed by atoms with E-state index >= 15 is 0 Å². The Morgan fingerprint density at radius 3 is 3.06 bits per heavy atom. The highest BCUT2D eigenvalue weighted by Gasteiger charge is 2.21. The number of aromatic nitrogens is 1. The molecule has 1 fully saturated rings. The van der Waals surface area contributed by atoms with Crippen LogP contribution in [0.5, 0.6) is 0 Å². The molecule has 1 aromatic rings. The third-order valence-corrected chi connectivity index (χ3v) is 3.10. The summed E-state index contributed by atoms with van der Waals surface area (Å²) in [5.74, 6) is 0.838. The van der Waals surface area contributed by atoms with Gasteiger partial charge in [0.2, 0.25) is 0 Å². The molecule has 1 unspecified atom stereocenters. The molecule has 1 saturated carbocycles. The van der Waals surface area contributed by atoms with E-state index in [-0.39, 0.29) is 0 Å². The second-order valence-electron chi connectivity index (χ2n) is 4.63. The molecule has 1 atom stereocenters. The van der Waals surface area contributed by atoms with Gasteiger partial charge in [-0.15, -0.1) is 0 Å². The smallest absolute Gasteiger partial charge is 0.122 e. The first-order valence-corrected chi connectivity index (χ1v) is 6.27. The molecular formula is C13H22N2O. The Kier molecular flexibility index (Phi) is 4.02. The van der Waals surface area contributed by atoms with Crippen molar-refractivity contribution in [1.29, 1.82) is 0 Å². The maximum Gasteiger partial charge on any atom is 0.122 e. The number of nitrogens with zero attached hydrogens (tertiary/aromatic N) is 1. The molecule has 3 nitrogen and oxygen atoms in total. The number of hydrogen-bond acceptors (Lipinski definition) is 2. The third kappa shape index (κ3) is 3.09.